The summed E-state index contributed by atoms with van der Waals surface area (Å²) < 4.78 is 1.55. The monoisotopic (exact) mass is 165 g/mol. The molecule has 1 heterocycles. The maximum Gasteiger partial charge on any atom is 0.266 e. The zero-order chi connectivity index (χ0) is 8.72. The molecule has 1 aromatic rings. The third-order valence-corrected chi connectivity index (χ3v) is 2.15. The summed E-state index contributed by atoms with van der Waals surface area (Å²) in [6.45, 7) is 0. The minimum absolute atomic E-state index is 0.406. The number of rotatable bonds is 2. The van der Waals surface area contributed by atoms with Crippen LogP contribution in [0.2, 0.25) is 0 Å². The Morgan fingerprint density at radius 2 is 2.42 bits per heavy atom. The Balaban J connectivity index is 2.36. The number of carbonyl (C=O) groups excluding carboxylic acids is 1. The molecular weight excluding hydrogens is 154 g/mol. The van der Waals surface area contributed by atoms with E-state index >= 15 is 0 Å². The molecule has 0 radical (unpaired) electrons. The number of nitrogens with zero attached hydrogens (tertiary/aromatic N) is 2. The van der Waals surface area contributed by atoms with Crippen molar-refractivity contribution in [3.05, 3.63) is 17.5 Å². The summed E-state index contributed by atoms with van der Waals surface area (Å²) in [7, 11) is 1.74. The normalized spacial score (nSPS) is 16.4. The summed E-state index contributed by atoms with van der Waals surface area (Å²) in [6, 6.07) is 1.79. The van der Waals surface area contributed by atoms with Gasteiger partial charge in [-0.2, -0.15) is 5.10 Å². The van der Waals surface area contributed by atoms with E-state index in [1.54, 1.807) is 17.8 Å². The van der Waals surface area contributed by atoms with Gasteiger partial charge < -0.3 is 5.73 Å². The molecular formula is C8H11N3O. The molecule has 0 atom stereocenters. The molecule has 0 aliphatic heterocycles. The SMILES string of the molecule is Cn1nc(C2CC2)cc1C(N)=O. The van der Waals surface area contributed by atoms with Gasteiger partial charge >= 0.3 is 0 Å². The summed E-state index contributed by atoms with van der Waals surface area (Å²) >= 11 is 0. The van der Waals surface area contributed by atoms with Crippen molar-refractivity contribution in [2.75, 3.05) is 0 Å². The topological polar surface area (TPSA) is 60.9 Å². The number of primary amides is 1. The van der Waals surface area contributed by atoms with Gasteiger partial charge in [-0.05, 0) is 18.9 Å². The highest BCUT2D eigenvalue weighted by molar-refractivity contribution is 5.91. The summed E-state index contributed by atoms with van der Waals surface area (Å²) in [4.78, 5) is 10.8. The molecule has 1 aromatic heterocycles. The molecule has 4 nitrogen and oxygen atoms in total. The molecule has 0 aromatic carbocycles. The Morgan fingerprint density at radius 3 is 2.83 bits per heavy atom. The third kappa shape index (κ3) is 1.09. The fourth-order valence-electron chi connectivity index (χ4n) is 1.30. The van der Waals surface area contributed by atoms with E-state index in [2.05, 4.69) is 5.10 Å². The number of hydrogen-bond donors (Lipinski definition) is 1. The largest absolute Gasteiger partial charge is 0.364 e. The number of carbonyl (C=O) groups is 1. The van der Waals surface area contributed by atoms with Crippen LogP contribution >= 0.6 is 0 Å². The molecule has 1 fully saturated rings. The van der Waals surface area contributed by atoms with E-state index in [0.717, 1.165) is 5.69 Å². The molecule has 12 heavy (non-hydrogen) atoms. The van der Waals surface area contributed by atoms with Crippen LogP contribution in [0, 0.1) is 0 Å². The molecule has 0 bridgehead atoms. The second kappa shape index (κ2) is 2.33. The molecule has 4 heteroatoms. The lowest BCUT2D eigenvalue weighted by Crippen LogP contribution is -2.15. The number of hydrogen-bond acceptors (Lipinski definition) is 2. The van der Waals surface area contributed by atoms with Crippen LogP contribution in [0.4, 0.5) is 0 Å². The number of amides is 1. The van der Waals surface area contributed by atoms with Crippen molar-refractivity contribution in [3.63, 3.8) is 0 Å². The first-order valence-corrected chi connectivity index (χ1v) is 4.02. The van der Waals surface area contributed by atoms with Crippen molar-refractivity contribution in [1.82, 2.24) is 9.78 Å². The van der Waals surface area contributed by atoms with Crippen LogP contribution in [0.5, 0.6) is 0 Å². The van der Waals surface area contributed by atoms with Gasteiger partial charge in [0.05, 0.1) is 5.69 Å². The second-order valence-electron chi connectivity index (χ2n) is 3.22. The third-order valence-electron chi connectivity index (χ3n) is 2.15. The van der Waals surface area contributed by atoms with E-state index in [-0.39, 0.29) is 0 Å². The Kier molecular flexibility index (Phi) is 1.43. The van der Waals surface area contributed by atoms with Crippen molar-refractivity contribution < 1.29 is 4.79 Å². The fourth-order valence-corrected chi connectivity index (χ4v) is 1.30. The van der Waals surface area contributed by atoms with Crippen molar-refractivity contribution in [1.29, 1.82) is 0 Å². The summed E-state index contributed by atoms with van der Waals surface area (Å²) in [5.74, 6) is 0.168. The molecule has 1 amide bonds. The molecule has 1 aliphatic rings. The quantitative estimate of drug-likeness (QED) is 0.689. The highest BCUT2D eigenvalue weighted by Gasteiger charge is 2.27. The lowest BCUT2D eigenvalue weighted by molar-refractivity contribution is 0.0991. The smallest absolute Gasteiger partial charge is 0.266 e. The first-order valence-electron chi connectivity index (χ1n) is 4.02. The van der Waals surface area contributed by atoms with E-state index in [4.69, 9.17) is 5.73 Å². The predicted octanol–water partition coefficient (Wildman–Crippen LogP) is 0.396. The molecule has 1 saturated carbocycles. The van der Waals surface area contributed by atoms with E-state index < -0.39 is 5.91 Å². The van der Waals surface area contributed by atoms with Gasteiger partial charge in [0, 0.05) is 13.0 Å². The average Bonchev–Trinajstić information content (AvgIpc) is 2.75. The van der Waals surface area contributed by atoms with Gasteiger partial charge in [0.2, 0.25) is 0 Å². The van der Waals surface area contributed by atoms with Crippen LogP contribution < -0.4 is 5.73 Å². The number of aromatic nitrogens is 2. The van der Waals surface area contributed by atoms with Crippen LogP contribution in [0.25, 0.3) is 0 Å². The van der Waals surface area contributed by atoms with E-state index in [1.807, 2.05) is 0 Å². The standard InChI is InChI=1S/C8H11N3O/c1-11-7(8(9)12)4-6(10-11)5-2-3-5/h4-5H,2-3H2,1H3,(H2,9,12). The molecule has 1 aliphatic carbocycles. The zero-order valence-electron chi connectivity index (χ0n) is 6.95. The molecule has 0 unspecified atom stereocenters. The van der Waals surface area contributed by atoms with Gasteiger partial charge in [-0.3, -0.25) is 9.48 Å². The number of nitrogens with two attached hydrogens (primary N) is 1. The van der Waals surface area contributed by atoms with E-state index in [9.17, 15) is 4.79 Å². The molecule has 0 spiro atoms. The molecule has 0 saturated heterocycles. The Bertz CT molecular complexity index is 325. The molecule has 2 rings (SSSR count). The Labute approximate surface area is 70.4 Å². The van der Waals surface area contributed by atoms with Crippen molar-refractivity contribution in [2.24, 2.45) is 12.8 Å². The first-order chi connectivity index (χ1) is 5.68. The van der Waals surface area contributed by atoms with Crippen molar-refractivity contribution in [3.8, 4) is 0 Å². The highest BCUT2D eigenvalue weighted by atomic mass is 16.1. The van der Waals surface area contributed by atoms with Gasteiger partial charge in [0.15, 0.2) is 0 Å². The summed E-state index contributed by atoms with van der Waals surface area (Å²) in [5, 5.41) is 4.21. The lowest BCUT2D eigenvalue weighted by Gasteiger charge is -1.92. The highest BCUT2D eigenvalue weighted by Crippen LogP contribution is 2.39. The molecule has 2 N–H and O–H groups in total. The van der Waals surface area contributed by atoms with Gasteiger partial charge in [0.1, 0.15) is 5.69 Å². The minimum atomic E-state index is -0.406. The van der Waals surface area contributed by atoms with Crippen LogP contribution in [0.1, 0.15) is 34.9 Å². The van der Waals surface area contributed by atoms with Crippen LogP contribution in [-0.4, -0.2) is 15.7 Å². The number of aryl methyl sites for hydroxylation is 1. The average molecular weight is 165 g/mol. The van der Waals surface area contributed by atoms with Crippen LogP contribution in [0.3, 0.4) is 0 Å². The fraction of sp³-hybridized carbons (Fsp3) is 0.500. The minimum Gasteiger partial charge on any atom is -0.364 e. The van der Waals surface area contributed by atoms with Crippen molar-refractivity contribution in [2.45, 2.75) is 18.8 Å². The maximum absolute atomic E-state index is 10.8. The summed E-state index contributed by atoms with van der Waals surface area (Å²) in [6.07, 6.45) is 2.38. The molecule has 64 valence electrons. The predicted molar refractivity (Wildman–Crippen MR) is 43.7 cm³/mol. The van der Waals surface area contributed by atoms with Gasteiger partial charge in [-0.15, -0.1) is 0 Å². The van der Waals surface area contributed by atoms with Crippen molar-refractivity contribution >= 4 is 5.91 Å². The van der Waals surface area contributed by atoms with Crippen LogP contribution in [0.15, 0.2) is 6.07 Å². The van der Waals surface area contributed by atoms with E-state index in [1.165, 1.54) is 12.8 Å². The van der Waals surface area contributed by atoms with Gasteiger partial charge in [-0.1, -0.05) is 0 Å². The Morgan fingerprint density at radius 1 is 1.75 bits per heavy atom. The Hall–Kier alpha value is -1.32. The van der Waals surface area contributed by atoms with E-state index in [0.29, 0.717) is 11.6 Å². The summed E-state index contributed by atoms with van der Waals surface area (Å²) in [5.41, 5.74) is 6.65. The zero-order valence-corrected chi connectivity index (χ0v) is 6.95. The maximum atomic E-state index is 10.8. The van der Waals surface area contributed by atoms with Crippen LogP contribution in [-0.2, 0) is 7.05 Å². The first kappa shape index (κ1) is 7.34. The second-order valence-corrected chi connectivity index (χ2v) is 3.22. The van der Waals surface area contributed by atoms with Gasteiger partial charge in [0.25, 0.3) is 5.91 Å². The van der Waals surface area contributed by atoms with Gasteiger partial charge in [-0.25, -0.2) is 0 Å². The lowest BCUT2D eigenvalue weighted by atomic mass is 10.2.